The maximum Gasteiger partial charge on any atom is 0.320 e. The van der Waals surface area contributed by atoms with Crippen LogP contribution in [0.15, 0.2) is 28.8 Å². The van der Waals surface area contributed by atoms with Gasteiger partial charge in [0.1, 0.15) is 11.3 Å². The van der Waals surface area contributed by atoms with E-state index >= 15 is 0 Å². The molecule has 7 heteroatoms. The summed E-state index contributed by atoms with van der Waals surface area (Å²) in [5.74, 6) is 1.85. The highest BCUT2D eigenvalue weighted by molar-refractivity contribution is 5.89. The first-order valence-electron chi connectivity index (χ1n) is 8.74. The predicted molar refractivity (Wildman–Crippen MR) is 93.6 cm³/mol. The lowest BCUT2D eigenvalue weighted by Gasteiger charge is -2.34. The van der Waals surface area contributed by atoms with Gasteiger partial charge in [-0.25, -0.2) is 4.79 Å². The summed E-state index contributed by atoms with van der Waals surface area (Å²) in [5, 5.41) is 9.82. The number of hydrogen-bond acceptors (Lipinski definition) is 5. The second-order valence-corrected chi connectivity index (χ2v) is 6.33. The molecule has 0 radical (unpaired) electrons. The number of carbonyl (C=O) groups is 1. The molecule has 1 aliphatic carbocycles. The summed E-state index contributed by atoms with van der Waals surface area (Å²) in [7, 11) is 0. The minimum atomic E-state index is -0.588. The summed E-state index contributed by atoms with van der Waals surface area (Å²) < 4.78 is 10.8. The Labute approximate surface area is 147 Å². The van der Waals surface area contributed by atoms with E-state index in [1.807, 2.05) is 31.2 Å². The van der Waals surface area contributed by atoms with Crippen molar-refractivity contribution in [2.45, 2.75) is 51.5 Å². The molecular formula is C18H24N4O3. The fraction of sp³-hybridized carbons (Fsp3) is 0.500. The molecule has 1 aliphatic rings. The predicted octanol–water partition coefficient (Wildman–Crippen LogP) is 3.76. The van der Waals surface area contributed by atoms with Crippen LogP contribution in [0, 0.1) is 6.92 Å². The van der Waals surface area contributed by atoms with Gasteiger partial charge < -0.3 is 19.9 Å². The lowest BCUT2D eigenvalue weighted by Crippen LogP contribution is -2.49. The average molecular weight is 344 g/mol. The molecule has 0 unspecified atom stereocenters. The van der Waals surface area contributed by atoms with Gasteiger partial charge in [0.2, 0.25) is 0 Å². The summed E-state index contributed by atoms with van der Waals surface area (Å²) in [6.07, 6.45) is 4.78. The third kappa shape index (κ3) is 4.10. The van der Waals surface area contributed by atoms with Crippen LogP contribution in [0.2, 0.25) is 0 Å². The van der Waals surface area contributed by atoms with Crippen molar-refractivity contribution in [1.82, 2.24) is 15.5 Å². The van der Waals surface area contributed by atoms with Gasteiger partial charge in [0.05, 0.1) is 6.61 Å². The highest BCUT2D eigenvalue weighted by Gasteiger charge is 2.40. The Balaban J connectivity index is 1.70. The van der Waals surface area contributed by atoms with Gasteiger partial charge >= 0.3 is 6.03 Å². The molecule has 1 heterocycles. The molecule has 134 valence electrons. The topological polar surface area (TPSA) is 89.3 Å². The Bertz CT molecular complexity index is 705. The standard InChI is InChI=1S/C18H24N4O3/c1-3-24-15-9-7-14(8-10-15)20-17(23)21-18(11-5-4-6-12-18)16-19-13(2)22-25-16/h7-10H,3-6,11-12H2,1-2H3,(H2,20,21,23). The molecule has 0 spiro atoms. The van der Waals surface area contributed by atoms with Crippen molar-refractivity contribution in [3.8, 4) is 5.75 Å². The highest BCUT2D eigenvalue weighted by Crippen LogP contribution is 2.36. The number of nitrogens with zero attached hydrogens (tertiary/aromatic N) is 2. The second kappa shape index (κ2) is 7.55. The molecule has 2 N–H and O–H groups in total. The summed E-state index contributed by atoms with van der Waals surface area (Å²) >= 11 is 0. The Morgan fingerprint density at radius 1 is 1.24 bits per heavy atom. The average Bonchev–Trinajstić information content (AvgIpc) is 3.05. The highest BCUT2D eigenvalue weighted by atomic mass is 16.5. The van der Waals surface area contributed by atoms with Crippen molar-refractivity contribution in [2.24, 2.45) is 0 Å². The second-order valence-electron chi connectivity index (χ2n) is 6.33. The number of aryl methyl sites for hydroxylation is 1. The van der Waals surface area contributed by atoms with Crippen molar-refractivity contribution >= 4 is 11.7 Å². The molecule has 2 aromatic rings. The monoisotopic (exact) mass is 344 g/mol. The summed E-state index contributed by atoms with van der Waals surface area (Å²) in [4.78, 5) is 16.9. The zero-order valence-electron chi connectivity index (χ0n) is 14.7. The number of rotatable bonds is 5. The lowest BCUT2D eigenvalue weighted by molar-refractivity contribution is 0.173. The molecule has 0 bridgehead atoms. The van der Waals surface area contributed by atoms with Gasteiger partial charge in [-0.15, -0.1) is 0 Å². The number of anilines is 1. The number of benzene rings is 1. The minimum Gasteiger partial charge on any atom is -0.494 e. The minimum absolute atomic E-state index is 0.276. The molecule has 0 atom stereocenters. The van der Waals surface area contributed by atoms with Crippen LogP contribution in [0.25, 0.3) is 0 Å². The maximum absolute atomic E-state index is 12.5. The van der Waals surface area contributed by atoms with Crippen LogP contribution >= 0.6 is 0 Å². The van der Waals surface area contributed by atoms with E-state index in [0.29, 0.717) is 24.0 Å². The quantitative estimate of drug-likeness (QED) is 0.862. The molecule has 7 nitrogen and oxygen atoms in total. The first-order valence-corrected chi connectivity index (χ1v) is 8.74. The Morgan fingerprint density at radius 3 is 2.56 bits per heavy atom. The summed E-state index contributed by atoms with van der Waals surface area (Å²) in [6, 6.07) is 7.01. The molecule has 1 aromatic carbocycles. The number of aromatic nitrogens is 2. The van der Waals surface area contributed by atoms with Gasteiger partial charge in [-0.1, -0.05) is 24.4 Å². The molecule has 1 aromatic heterocycles. The molecule has 25 heavy (non-hydrogen) atoms. The third-order valence-electron chi connectivity index (χ3n) is 4.42. The zero-order valence-corrected chi connectivity index (χ0v) is 14.7. The largest absolute Gasteiger partial charge is 0.494 e. The van der Waals surface area contributed by atoms with Crippen molar-refractivity contribution in [2.75, 3.05) is 11.9 Å². The fourth-order valence-electron chi connectivity index (χ4n) is 3.22. The van der Waals surface area contributed by atoms with E-state index in [-0.39, 0.29) is 6.03 Å². The van der Waals surface area contributed by atoms with Gasteiger partial charge in [0.15, 0.2) is 5.82 Å². The van der Waals surface area contributed by atoms with E-state index in [2.05, 4.69) is 20.8 Å². The van der Waals surface area contributed by atoms with Crippen LogP contribution in [0.5, 0.6) is 5.75 Å². The van der Waals surface area contributed by atoms with Crippen LogP contribution < -0.4 is 15.4 Å². The molecule has 1 saturated carbocycles. The Kier molecular flexibility index (Phi) is 5.21. The maximum atomic E-state index is 12.5. The first-order chi connectivity index (χ1) is 12.1. The van der Waals surface area contributed by atoms with Crippen molar-refractivity contribution in [3.63, 3.8) is 0 Å². The SMILES string of the molecule is CCOc1ccc(NC(=O)NC2(c3nc(C)no3)CCCCC2)cc1. The molecule has 3 rings (SSSR count). The smallest absolute Gasteiger partial charge is 0.320 e. The Hall–Kier alpha value is -2.57. The van der Waals surface area contributed by atoms with Crippen molar-refractivity contribution in [3.05, 3.63) is 36.0 Å². The Morgan fingerprint density at radius 2 is 1.96 bits per heavy atom. The molecular weight excluding hydrogens is 320 g/mol. The fourth-order valence-corrected chi connectivity index (χ4v) is 3.22. The zero-order chi connectivity index (χ0) is 17.7. The van der Waals surface area contributed by atoms with E-state index in [9.17, 15) is 4.79 Å². The van der Waals surface area contributed by atoms with Crippen LogP contribution in [-0.4, -0.2) is 22.8 Å². The van der Waals surface area contributed by atoms with E-state index in [0.717, 1.165) is 37.9 Å². The molecule has 1 fully saturated rings. The van der Waals surface area contributed by atoms with Gasteiger partial charge in [-0.2, -0.15) is 4.98 Å². The van der Waals surface area contributed by atoms with Gasteiger partial charge in [0.25, 0.3) is 5.89 Å². The van der Waals surface area contributed by atoms with Gasteiger partial charge in [-0.3, -0.25) is 0 Å². The number of urea groups is 1. The van der Waals surface area contributed by atoms with E-state index in [1.54, 1.807) is 6.92 Å². The number of ether oxygens (including phenoxy) is 1. The molecule has 0 aliphatic heterocycles. The number of carbonyl (C=O) groups excluding carboxylic acids is 1. The number of amides is 2. The summed E-state index contributed by atoms with van der Waals surface area (Å²) in [5.41, 5.74) is 0.114. The van der Waals surface area contributed by atoms with Crippen LogP contribution in [0.3, 0.4) is 0 Å². The normalized spacial score (nSPS) is 16.2. The number of nitrogens with one attached hydrogen (secondary N) is 2. The van der Waals surface area contributed by atoms with Crippen molar-refractivity contribution in [1.29, 1.82) is 0 Å². The van der Waals surface area contributed by atoms with E-state index in [4.69, 9.17) is 9.26 Å². The number of hydrogen-bond donors (Lipinski definition) is 2. The van der Waals surface area contributed by atoms with Gasteiger partial charge in [0, 0.05) is 5.69 Å². The summed E-state index contributed by atoms with van der Waals surface area (Å²) in [6.45, 7) is 4.32. The first kappa shape index (κ1) is 17.3. The van der Waals surface area contributed by atoms with Crippen LogP contribution in [0.1, 0.15) is 50.7 Å². The van der Waals surface area contributed by atoms with E-state index < -0.39 is 5.54 Å². The lowest BCUT2D eigenvalue weighted by atomic mass is 9.81. The third-order valence-corrected chi connectivity index (χ3v) is 4.42. The van der Waals surface area contributed by atoms with Crippen LogP contribution in [-0.2, 0) is 5.54 Å². The molecule has 2 amide bonds. The molecule has 0 saturated heterocycles. The van der Waals surface area contributed by atoms with Crippen LogP contribution in [0.4, 0.5) is 10.5 Å². The van der Waals surface area contributed by atoms with Crippen molar-refractivity contribution < 1.29 is 14.1 Å². The van der Waals surface area contributed by atoms with E-state index in [1.165, 1.54) is 0 Å². The van der Waals surface area contributed by atoms with Gasteiger partial charge in [-0.05, 0) is 51.0 Å².